The maximum Gasteiger partial charge on any atom is 0.211 e. The fraction of sp³-hybridized carbons (Fsp3) is 1.00. The number of nitrogens with one attached hydrogen (secondary N) is 1. The van der Waals surface area contributed by atoms with E-state index < -0.39 is 10.0 Å². The summed E-state index contributed by atoms with van der Waals surface area (Å²) in [7, 11) is -3.16. The minimum atomic E-state index is -3.16. The summed E-state index contributed by atoms with van der Waals surface area (Å²) in [6.45, 7) is 1.93. The SMILES string of the molecule is O=S(=O)(CCCCO)NCCCOCC1CC1. The van der Waals surface area contributed by atoms with Gasteiger partial charge in [-0.3, -0.25) is 0 Å². The molecule has 0 saturated heterocycles. The fourth-order valence-corrected chi connectivity index (χ4v) is 2.60. The molecule has 0 unspecified atom stereocenters. The molecule has 1 rings (SSSR count). The van der Waals surface area contributed by atoms with Crippen LogP contribution < -0.4 is 4.72 Å². The molecule has 0 atom stereocenters. The summed E-state index contributed by atoms with van der Waals surface area (Å²) in [6, 6.07) is 0. The molecule has 0 bridgehead atoms. The molecule has 0 aromatic heterocycles. The minimum Gasteiger partial charge on any atom is -0.396 e. The molecule has 1 aliphatic carbocycles. The lowest BCUT2D eigenvalue weighted by Crippen LogP contribution is -2.28. The molecule has 0 radical (unpaired) electrons. The van der Waals surface area contributed by atoms with Gasteiger partial charge >= 0.3 is 0 Å². The third kappa shape index (κ3) is 8.54. The molecule has 0 spiro atoms. The van der Waals surface area contributed by atoms with E-state index in [1.807, 2.05) is 0 Å². The maximum absolute atomic E-state index is 11.4. The Bertz CT molecular complexity index is 288. The Morgan fingerprint density at radius 2 is 2.00 bits per heavy atom. The Morgan fingerprint density at radius 1 is 1.24 bits per heavy atom. The van der Waals surface area contributed by atoms with Crippen LogP contribution in [0.15, 0.2) is 0 Å². The van der Waals surface area contributed by atoms with E-state index in [1.54, 1.807) is 0 Å². The van der Waals surface area contributed by atoms with Gasteiger partial charge in [-0.05, 0) is 38.0 Å². The van der Waals surface area contributed by atoms with E-state index in [4.69, 9.17) is 9.84 Å². The zero-order chi connectivity index (χ0) is 12.6. The van der Waals surface area contributed by atoms with Crippen molar-refractivity contribution in [3.05, 3.63) is 0 Å². The van der Waals surface area contributed by atoms with Crippen LogP contribution in [-0.2, 0) is 14.8 Å². The highest BCUT2D eigenvalue weighted by atomic mass is 32.2. The Kier molecular flexibility index (Phi) is 7.03. The van der Waals surface area contributed by atoms with Crippen molar-refractivity contribution in [2.75, 3.05) is 32.1 Å². The van der Waals surface area contributed by atoms with Gasteiger partial charge in [-0.25, -0.2) is 13.1 Å². The van der Waals surface area contributed by atoms with E-state index in [-0.39, 0.29) is 12.4 Å². The second kappa shape index (κ2) is 8.02. The van der Waals surface area contributed by atoms with E-state index in [0.29, 0.717) is 32.4 Å². The summed E-state index contributed by atoms with van der Waals surface area (Å²) in [5.41, 5.74) is 0. The number of rotatable bonds is 11. The summed E-state index contributed by atoms with van der Waals surface area (Å²) in [5.74, 6) is 0.849. The van der Waals surface area contributed by atoms with Gasteiger partial charge in [0.25, 0.3) is 0 Å². The molecule has 6 heteroatoms. The summed E-state index contributed by atoms with van der Waals surface area (Å²) in [5, 5.41) is 8.55. The van der Waals surface area contributed by atoms with Crippen molar-refractivity contribution in [1.82, 2.24) is 4.72 Å². The number of ether oxygens (including phenoxy) is 1. The predicted octanol–water partition coefficient (Wildman–Crippen LogP) is 0.495. The summed E-state index contributed by atoms with van der Waals surface area (Å²) < 4.78 is 30.8. The van der Waals surface area contributed by atoms with Crippen molar-refractivity contribution in [3.8, 4) is 0 Å². The van der Waals surface area contributed by atoms with Crippen molar-refractivity contribution < 1.29 is 18.3 Å². The molecule has 102 valence electrons. The van der Waals surface area contributed by atoms with Crippen LogP contribution in [0.1, 0.15) is 32.1 Å². The van der Waals surface area contributed by atoms with E-state index >= 15 is 0 Å². The van der Waals surface area contributed by atoms with E-state index in [2.05, 4.69) is 4.72 Å². The highest BCUT2D eigenvalue weighted by Crippen LogP contribution is 2.28. The van der Waals surface area contributed by atoms with Crippen LogP contribution in [0.3, 0.4) is 0 Å². The number of hydrogen-bond acceptors (Lipinski definition) is 4. The first-order chi connectivity index (χ1) is 8.14. The van der Waals surface area contributed by atoms with E-state index in [1.165, 1.54) is 12.8 Å². The van der Waals surface area contributed by atoms with E-state index in [0.717, 1.165) is 12.5 Å². The van der Waals surface area contributed by atoms with Crippen LogP contribution in [0.2, 0.25) is 0 Å². The largest absolute Gasteiger partial charge is 0.396 e. The van der Waals surface area contributed by atoms with Crippen LogP contribution in [0.4, 0.5) is 0 Å². The number of unbranched alkanes of at least 4 members (excludes halogenated alkanes) is 1. The van der Waals surface area contributed by atoms with E-state index in [9.17, 15) is 8.42 Å². The number of aliphatic hydroxyl groups excluding tert-OH is 1. The molecule has 1 saturated carbocycles. The maximum atomic E-state index is 11.4. The molecule has 5 nitrogen and oxygen atoms in total. The van der Waals surface area contributed by atoms with Gasteiger partial charge in [0.15, 0.2) is 0 Å². The molecule has 1 aliphatic rings. The van der Waals surface area contributed by atoms with Gasteiger partial charge in [0.05, 0.1) is 5.75 Å². The van der Waals surface area contributed by atoms with Gasteiger partial charge in [0.2, 0.25) is 10.0 Å². The molecule has 2 N–H and O–H groups in total. The Balaban J connectivity index is 1.92. The van der Waals surface area contributed by atoms with Crippen molar-refractivity contribution in [2.45, 2.75) is 32.1 Å². The zero-order valence-corrected chi connectivity index (χ0v) is 11.0. The first-order valence-corrected chi connectivity index (χ1v) is 7.95. The summed E-state index contributed by atoms with van der Waals surface area (Å²) in [6.07, 6.45) is 4.30. The third-order valence-electron chi connectivity index (χ3n) is 2.66. The highest BCUT2D eigenvalue weighted by molar-refractivity contribution is 7.89. The van der Waals surface area contributed by atoms with Crippen molar-refractivity contribution in [1.29, 1.82) is 0 Å². The molecular formula is C11H23NO4S. The van der Waals surface area contributed by atoms with Crippen LogP contribution in [0.5, 0.6) is 0 Å². The highest BCUT2D eigenvalue weighted by Gasteiger charge is 2.20. The molecule has 0 aromatic carbocycles. The molecular weight excluding hydrogens is 242 g/mol. The first-order valence-electron chi connectivity index (χ1n) is 6.30. The van der Waals surface area contributed by atoms with Crippen molar-refractivity contribution in [3.63, 3.8) is 0 Å². The van der Waals surface area contributed by atoms with Gasteiger partial charge in [-0.2, -0.15) is 0 Å². The van der Waals surface area contributed by atoms with Gasteiger partial charge in [-0.1, -0.05) is 0 Å². The van der Waals surface area contributed by atoms with Crippen LogP contribution in [-0.4, -0.2) is 45.6 Å². The number of hydrogen-bond donors (Lipinski definition) is 2. The van der Waals surface area contributed by atoms with Gasteiger partial charge < -0.3 is 9.84 Å². The first kappa shape index (κ1) is 14.9. The molecule has 17 heavy (non-hydrogen) atoms. The Morgan fingerprint density at radius 3 is 2.65 bits per heavy atom. The average molecular weight is 265 g/mol. The lowest BCUT2D eigenvalue weighted by atomic mass is 10.4. The van der Waals surface area contributed by atoms with Crippen LogP contribution >= 0.6 is 0 Å². The molecule has 1 fully saturated rings. The summed E-state index contributed by atoms with van der Waals surface area (Å²) >= 11 is 0. The smallest absolute Gasteiger partial charge is 0.211 e. The normalized spacial score (nSPS) is 16.3. The Labute approximate surface area is 104 Å². The molecule has 0 amide bonds. The minimum absolute atomic E-state index is 0.0462. The van der Waals surface area contributed by atoms with Gasteiger partial charge in [0.1, 0.15) is 0 Å². The number of sulfonamides is 1. The predicted molar refractivity (Wildman–Crippen MR) is 66.3 cm³/mol. The lowest BCUT2D eigenvalue weighted by Gasteiger charge is -2.06. The molecule has 0 aromatic rings. The summed E-state index contributed by atoms with van der Waals surface area (Å²) in [4.78, 5) is 0. The second-order valence-electron chi connectivity index (χ2n) is 4.52. The molecule has 0 heterocycles. The Hall–Kier alpha value is -0.170. The topological polar surface area (TPSA) is 75.6 Å². The zero-order valence-electron chi connectivity index (χ0n) is 10.2. The monoisotopic (exact) mass is 265 g/mol. The van der Waals surface area contributed by atoms with Gasteiger partial charge in [-0.15, -0.1) is 0 Å². The van der Waals surface area contributed by atoms with Crippen molar-refractivity contribution >= 4 is 10.0 Å². The number of aliphatic hydroxyl groups is 1. The van der Waals surface area contributed by atoms with Gasteiger partial charge in [0, 0.05) is 26.4 Å². The van der Waals surface area contributed by atoms with Crippen LogP contribution in [0.25, 0.3) is 0 Å². The fourth-order valence-electron chi connectivity index (χ4n) is 1.41. The lowest BCUT2D eigenvalue weighted by molar-refractivity contribution is 0.123. The van der Waals surface area contributed by atoms with Crippen molar-refractivity contribution in [2.24, 2.45) is 5.92 Å². The second-order valence-corrected chi connectivity index (χ2v) is 6.44. The van der Waals surface area contributed by atoms with Crippen LogP contribution in [0, 0.1) is 5.92 Å². The molecule has 0 aliphatic heterocycles. The quantitative estimate of drug-likeness (QED) is 0.533. The third-order valence-corrected chi connectivity index (χ3v) is 4.13. The standard InChI is InChI=1S/C11H23NO4S/c13-7-1-2-9-17(14,15)12-6-3-8-16-10-11-4-5-11/h11-13H,1-10H2. The average Bonchev–Trinajstić information content (AvgIpc) is 3.07.